The van der Waals surface area contributed by atoms with Crippen molar-refractivity contribution in [2.75, 3.05) is 13.2 Å². The maximum Gasteiger partial charge on any atom is 0.348 e. The Morgan fingerprint density at radius 1 is 1.15 bits per heavy atom. The van der Waals surface area contributed by atoms with Gasteiger partial charge >= 0.3 is 9.28 Å². The average molecular weight is 202 g/mol. The lowest BCUT2D eigenvalue weighted by molar-refractivity contribution is 0.224. The van der Waals surface area contributed by atoms with E-state index in [-0.39, 0.29) is 0 Å². The van der Waals surface area contributed by atoms with Crippen LogP contribution in [0.3, 0.4) is 0 Å². The predicted octanol–water partition coefficient (Wildman–Crippen LogP) is 2.42. The minimum absolute atomic E-state index is 0.635. The van der Waals surface area contributed by atoms with Crippen LogP contribution in [0.2, 0.25) is 0 Å². The fraction of sp³-hybridized carbons (Fsp3) is 0.800. The molecule has 13 heavy (non-hydrogen) atoms. The van der Waals surface area contributed by atoms with Gasteiger partial charge < -0.3 is 8.85 Å². The van der Waals surface area contributed by atoms with Crippen molar-refractivity contribution in [2.45, 2.75) is 34.1 Å². The Bertz CT molecular complexity index is 131. The van der Waals surface area contributed by atoms with Crippen molar-refractivity contribution in [3.05, 3.63) is 11.8 Å². The highest BCUT2D eigenvalue weighted by molar-refractivity contribution is 6.50. The maximum atomic E-state index is 5.51. The molecule has 0 aromatic carbocycles. The monoisotopic (exact) mass is 202 g/mol. The zero-order valence-corrected chi connectivity index (χ0v) is 10.4. The summed E-state index contributed by atoms with van der Waals surface area (Å²) in [5.41, 5.74) is 2.14. The van der Waals surface area contributed by atoms with Gasteiger partial charge in [-0.05, 0) is 25.5 Å². The topological polar surface area (TPSA) is 18.5 Å². The van der Waals surface area contributed by atoms with Gasteiger partial charge in [0, 0.05) is 13.2 Å². The Morgan fingerprint density at radius 2 is 1.69 bits per heavy atom. The fourth-order valence-corrected chi connectivity index (χ4v) is 2.44. The van der Waals surface area contributed by atoms with Crippen molar-refractivity contribution in [2.24, 2.45) is 5.92 Å². The molecule has 1 unspecified atom stereocenters. The van der Waals surface area contributed by atoms with Gasteiger partial charge in [-0.3, -0.25) is 0 Å². The molecule has 0 fully saturated rings. The van der Waals surface area contributed by atoms with Crippen molar-refractivity contribution in [3.63, 3.8) is 0 Å². The summed E-state index contributed by atoms with van der Waals surface area (Å²) >= 11 is 0. The van der Waals surface area contributed by atoms with Crippen LogP contribution in [0, 0.1) is 5.92 Å². The normalized spacial score (nSPS) is 14.2. The maximum absolute atomic E-state index is 5.51. The van der Waals surface area contributed by atoms with Crippen LogP contribution in [0.1, 0.15) is 34.1 Å². The number of hydrogen-bond donors (Lipinski definition) is 0. The molecule has 78 valence electrons. The van der Waals surface area contributed by atoms with Gasteiger partial charge in [-0.1, -0.05) is 26.3 Å². The second kappa shape index (κ2) is 8.47. The zero-order chi connectivity index (χ0) is 10.1. The van der Waals surface area contributed by atoms with Gasteiger partial charge in [-0.15, -0.1) is 0 Å². The summed E-state index contributed by atoms with van der Waals surface area (Å²) in [6.45, 7) is 9.92. The van der Waals surface area contributed by atoms with Crippen LogP contribution in [0.15, 0.2) is 11.8 Å². The predicted molar refractivity (Wildman–Crippen MR) is 59.0 cm³/mol. The highest BCUT2D eigenvalue weighted by Gasteiger charge is 2.06. The van der Waals surface area contributed by atoms with Crippen LogP contribution in [-0.2, 0) is 8.85 Å². The Kier molecular flexibility index (Phi) is 8.39. The lowest BCUT2D eigenvalue weighted by Gasteiger charge is -2.11. The molecule has 0 aromatic heterocycles. The standard InChI is InChI=1S/C10H22O2Si/c1-5-10(4)8-9-13(11-6-2)12-7-3/h8-10,13H,5-7H2,1-4H3. The highest BCUT2D eigenvalue weighted by Crippen LogP contribution is 2.03. The molecule has 3 heteroatoms. The molecule has 0 aliphatic heterocycles. The van der Waals surface area contributed by atoms with E-state index in [0.29, 0.717) is 5.92 Å². The van der Waals surface area contributed by atoms with Crippen molar-refractivity contribution in [1.29, 1.82) is 0 Å². The molecule has 0 bridgehead atoms. The third kappa shape index (κ3) is 6.99. The van der Waals surface area contributed by atoms with E-state index >= 15 is 0 Å². The molecule has 0 heterocycles. The molecule has 0 saturated heterocycles. The van der Waals surface area contributed by atoms with Gasteiger partial charge in [-0.2, -0.15) is 0 Å². The second-order valence-electron chi connectivity index (χ2n) is 3.05. The smallest absolute Gasteiger partial charge is 0.348 e. The molecule has 1 atom stereocenters. The Morgan fingerprint density at radius 3 is 2.08 bits per heavy atom. The van der Waals surface area contributed by atoms with Crippen LogP contribution < -0.4 is 0 Å². The Balaban J connectivity index is 3.84. The van der Waals surface area contributed by atoms with Crippen molar-refractivity contribution in [1.82, 2.24) is 0 Å². The van der Waals surface area contributed by atoms with Crippen molar-refractivity contribution in [3.8, 4) is 0 Å². The van der Waals surface area contributed by atoms with E-state index in [1.807, 2.05) is 13.8 Å². The Labute approximate surface area is 83.8 Å². The summed E-state index contributed by atoms with van der Waals surface area (Å²) in [5.74, 6) is 0.635. The van der Waals surface area contributed by atoms with E-state index in [4.69, 9.17) is 8.85 Å². The van der Waals surface area contributed by atoms with Gasteiger partial charge in [0.2, 0.25) is 0 Å². The van der Waals surface area contributed by atoms with Gasteiger partial charge in [0.1, 0.15) is 0 Å². The minimum atomic E-state index is -1.48. The quantitative estimate of drug-likeness (QED) is 0.590. The first-order valence-electron chi connectivity index (χ1n) is 5.16. The average Bonchev–Trinajstić information content (AvgIpc) is 2.14. The Hall–Kier alpha value is -0.123. The molecule has 0 amide bonds. The van der Waals surface area contributed by atoms with E-state index in [2.05, 4.69) is 25.6 Å². The number of allylic oxidation sites excluding steroid dienone is 1. The van der Waals surface area contributed by atoms with E-state index in [0.717, 1.165) is 13.2 Å². The van der Waals surface area contributed by atoms with Crippen LogP contribution >= 0.6 is 0 Å². The van der Waals surface area contributed by atoms with Crippen LogP contribution in [0.5, 0.6) is 0 Å². The molecular formula is C10H22O2Si. The van der Waals surface area contributed by atoms with Gasteiger partial charge in [-0.25, -0.2) is 0 Å². The van der Waals surface area contributed by atoms with Gasteiger partial charge in [0.15, 0.2) is 0 Å². The molecule has 0 N–H and O–H groups in total. The number of rotatable bonds is 7. The fourth-order valence-electron chi connectivity index (χ4n) is 0.904. The molecule has 0 radical (unpaired) electrons. The molecule has 2 nitrogen and oxygen atoms in total. The van der Waals surface area contributed by atoms with Crippen molar-refractivity contribution < 1.29 is 8.85 Å². The van der Waals surface area contributed by atoms with Gasteiger partial charge in [0.25, 0.3) is 0 Å². The highest BCUT2D eigenvalue weighted by atomic mass is 28.3. The third-order valence-electron chi connectivity index (χ3n) is 1.90. The van der Waals surface area contributed by atoms with E-state index in [9.17, 15) is 0 Å². The van der Waals surface area contributed by atoms with E-state index < -0.39 is 9.28 Å². The van der Waals surface area contributed by atoms with E-state index in [1.165, 1.54) is 6.42 Å². The van der Waals surface area contributed by atoms with Crippen LogP contribution in [0.4, 0.5) is 0 Å². The minimum Gasteiger partial charge on any atom is -0.394 e. The first kappa shape index (κ1) is 12.9. The first-order valence-corrected chi connectivity index (χ1v) is 6.77. The molecule has 0 spiro atoms. The number of hydrogen-bond acceptors (Lipinski definition) is 2. The van der Waals surface area contributed by atoms with E-state index in [1.54, 1.807) is 0 Å². The SMILES string of the molecule is CCO[SiH](C=CC(C)CC)OCC. The molecule has 0 saturated carbocycles. The third-order valence-corrected chi connectivity index (χ3v) is 3.76. The van der Waals surface area contributed by atoms with Crippen molar-refractivity contribution >= 4 is 9.28 Å². The summed E-state index contributed by atoms with van der Waals surface area (Å²) in [7, 11) is -1.48. The second-order valence-corrected chi connectivity index (χ2v) is 4.84. The summed E-state index contributed by atoms with van der Waals surface area (Å²) in [4.78, 5) is 0. The molecule has 0 aromatic rings. The largest absolute Gasteiger partial charge is 0.394 e. The summed E-state index contributed by atoms with van der Waals surface area (Å²) in [6.07, 6.45) is 3.39. The van der Waals surface area contributed by atoms with Crippen LogP contribution in [0.25, 0.3) is 0 Å². The van der Waals surface area contributed by atoms with Gasteiger partial charge in [0.05, 0.1) is 0 Å². The molecular weight excluding hydrogens is 180 g/mol. The summed E-state index contributed by atoms with van der Waals surface area (Å²) < 4.78 is 11.0. The lowest BCUT2D eigenvalue weighted by Crippen LogP contribution is -2.20. The molecule has 0 aliphatic carbocycles. The first-order chi connectivity index (χ1) is 6.24. The van der Waals surface area contributed by atoms with Crippen LogP contribution in [-0.4, -0.2) is 22.5 Å². The summed E-state index contributed by atoms with van der Waals surface area (Å²) in [6, 6.07) is 0. The molecule has 0 rings (SSSR count). The molecule has 0 aliphatic rings. The zero-order valence-electron chi connectivity index (χ0n) is 9.25. The summed E-state index contributed by atoms with van der Waals surface area (Å²) in [5, 5.41) is 0. The lowest BCUT2D eigenvalue weighted by atomic mass is 10.1.